The van der Waals surface area contributed by atoms with Gasteiger partial charge in [0.15, 0.2) is 11.5 Å². The molecular weight excluding hydrogens is 314 g/mol. The van der Waals surface area contributed by atoms with Crippen molar-refractivity contribution in [3.05, 3.63) is 53.6 Å². The van der Waals surface area contributed by atoms with Crippen LogP contribution in [-0.4, -0.2) is 28.2 Å². The molecule has 1 aliphatic heterocycles. The second-order valence-corrected chi connectivity index (χ2v) is 7.13. The number of hydrogen-bond acceptors (Lipinski definition) is 4. The molecule has 0 aliphatic carbocycles. The third-order valence-electron chi connectivity index (χ3n) is 3.70. The van der Waals surface area contributed by atoms with Crippen molar-refractivity contribution in [3.8, 4) is 11.5 Å². The largest absolute Gasteiger partial charge is 0.486 e. The summed E-state index contributed by atoms with van der Waals surface area (Å²) >= 11 is 0. The van der Waals surface area contributed by atoms with Crippen molar-refractivity contribution in [1.82, 2.24) is 4.72 Å². The lowest BCUT2D eigenvalue weighted by Gasteiger charge is -2.19. The average molecular weight is 333 g/mol. The quantitative estimate of drug-likeness (QED) is 0.912. The van der Waals surface area contributed by atoms with Gasteiger partial charge in [-0.25, -0.2) is 13.1 Å². The van der Waals surface area contributed by atoms with E-state index in [1.807, 2.05) is 24.3 Å². The number of sulfonamides is 1. The number of aryl methyl sites for hydroxylation is 1. The van der Waals surface area contributed by atoms with Gasteiger partial charge >= 0.3 is 0 Å². The molecular formula is C17H19NO4S. The molecule has 0 bridgehead atoms. The molecule has 23 heavy (non-hydrogen) atoms. The zero-order chi connectivity index (χ0) is 16.3. The van der Waals surface area contributed by atoms with Crippen LogP contribution in [-0.2, 0) is 16.4 Å². The Bertz CT molecular complexity index is 802. The maximum absolute atomic E-state index is 12.3. The van der Waals surface area contributed by atoms with Crippen LogP contribution in [0.2, 0.25) is 0 Å². The van der Waals surface area contributed by atoms with Crippen LogP contribution in [0.3, 0.4) is 0 Å². The summed E-state index contributed by atoms with van der Waals surface area (Å²) in [6.45, 7) is 3.21. The van der Waals surface area contributed by atoms with E-state index in [1.54, 1.807) is 25.1 Å². The Kier molecular flexibility index (Phi) is 4.54. The van der Waals surface area contributed by atoms with Gasteiger partial charge in [0, 0.05) is 6.54 Å². The van der Waals surface area contributed by atoms with Crippen LogP contribution in [0.4, 0.5) is 0 Å². The predicted molar refractivity (Wildman–Crippen MR) is 87.5 cm³/mol. The van der Waals surface area contributed by atoms with Gasteiger partial charge in [0.1, 0.15) is 13.2 Å². The van der Waals surface area contributed by atoms with E-state index in [0.29, 0.717) is 31.1 Å². The Morgan fingerprint density at radius 3 is 2.57 bits per heavy atom. The van der Waals surface area contributed by atoms with E-state index in [0.717, 1.165) is 22.6 Å². The molecule has 1 aliphatic rings. The van der Waals surface area contributed by atoms with Crippen LogP contribution in [0.25, 0.3) is 0 Å². The predicted octanol–water partition coefficient (Wildman–Crippen LogP) is 2.29. The summed E-state index contributed by atoms with van der Waals surface area (Å²) in [4.78, 5) is 0.321. The number of nitrogens with one attached hydrogen (secondary N) is 1. The van der Waals surface area contributed by atoms with Crippen molar-refractivity contribution < 1.29 is 17.9 Å². The molecule has 0 fully saturated rings. The zero-order valence-corrected chi connectivity index (χ0v) is 13.7. The lowest BCUT2D eigenvalue weighted by atomic mass is 10.1. The number of rotatable bonds is 5. The molecule has 0 radical (unpaired) electrons. The average Bonchev–Trinajstić information content (AvgIpc) is 2.55. The van der Waals surface area contributed by atoms with Gasteiger partial charge < -0.3 is 9.47 Å². The molecule has 0 atom stereocenters. The fourth-order valence-corrected chi connectivity index (χ4v) is 3.78. The van der Waals surface area contributed by atoms with Crippen molar-refractivity contribution in [2.24, 2.45) is 0 Å². The summed E-state index contributed by atoms with van der Waals surface area (Å²) in [5, 5.41) is 0. The smallest absolute Gasteiger partial charge is 0.240 e. The van der Waals surface area contributed by atoms with Crippen LogP contribution in [0.5, 0.6) is 11.5 Å². The standard InChI is InChI=1S/C17H19NO4S/c1-13-4-2-3-5-17(13)23(19,20)18-9-8-14-6-7-15-16(12-14)22-11-10-21-15/h2-7,12,18H,8-11H2,1H3. The van der Waals surface area contributed by atoms with Crippen LogP contribution in [0, 0.1) is 6.92 Å². The summed E-state index contributed by atoms with van der Waals surface area (Å²) in [5.41, 5.74) is 1.74. The van der Waals surface area contributed by atoms with Gasteiger partial charge in [-0.2, -0.15) is 0 Å². The topological polar surface area (TPSA) is 64.6 Å². The molecule has 1 heterocycles. The van der Waals surface area contributed by atoms with Crippen molar-refractivity contribution in [3.63, 3.8) is 0 Å². The van der Waals surface area contributed by atoms with E-state index in [9.17, 15) is 8.42 Å². The first-order valence-corrected chi connectivity index (χ1v) is 8.98. The minimum atomic E-state index is -3.48. The van der Waals surface area contributed by atoms with Crippen LogP contribution in [0.1, 0.15) is 11.1 Å². The summed E-state index contributed by atoms with van der Waals surface area (Å²) in [7, 11) is -3.48. The van der Waals surface area contributed by atoms with Gasteiger partial charge in [0.2, 0.25) is 10.0 Å². The minimum Gasteiger partial charge on any atom is -0.486 e. The number of fused-ring (bicyclic) bond motifs is 1. The Hall–Kier alpha value is -2.05. The van der Waals surface area contributed by atoms with Gasteiger partial charge in [0.25, 0.3) is 0 Å². The summed E-state index contributed by atoms with van der Waals surface area (Å²) < 4.78 is 38.3. The number of hydrogen-bond donors (Lipinski definition) is 1. The van der Waals surface area contributed by atoms with Gasteiger partial charge in [-0.05, 0) is 42.7 Å². The highest BCUT2D eigenvalue weighted by molar-refractivity contribution is 7.89. The molecule has 3 rings (SSSR count). The Labute approximate surface area is 136 Å². The first-order valence-electron chi connectivity index (χ1n) is 7.50. The van der Waals surface area contributed by atoms with Crippen molar-refractivity contribution in [2.45, 2.75) is 18.2 Å². The Balaban J connectivity index is 1.64. The highest BCUT2D eigenvalue weighted by Gasteiger charge is 2.16. The van der Waals surface area contributed by atoms with E-state index >= 15 is 0 Å². The Morgan fingerprint density at radius 2 is 1.78 bits per heavy atom. The van der Waals surface area contributed by atoms with E-state index in [1.165, 1.54) is 0 Å². The van der Waals surface area contributed by atoms with Crippen molar-refractivity contribution in [2.75, 3.05) is 19.8 Å². The summed E-state index contributed by atoms with van der Waals surface area (Å²) in [5.74, 6) is 1.45. The third-order valence-corrected chi connectivity index (χ3v) is 5.32. The first kappa shape index (κ1) is 15.8. The molecule has 2 aromatic rings. The SMILES string of the molecule is Cc1ccccc1S(=O)(=O)NCCc1ccc2c(c1)OCCO2. The van der Waals surface area contributed by atoms with Crippen LogP contribution in [0.15, 0.2) is 47.4 Å². The molecule has 6 heteroatoms. The maximum atomic E-state index is 12.3. The highest BCUT2D eigenvalue weighted by atomic mass is 32.2. The second kappa shape index (κ2) is 6.60. The van der Waals surface area contributed by atoms with Crippen LogP contribution >= 0.6 is 0 Å². The number of benzene rings is 2. The molecule has 5 nitrogen and oxygen atoms in total. The van der Waals surface area contributed by atoms with Crippen molar-refractivity contribution >= 4 is 10.0 Å². The summed E-state index contributed by atoms with van der Waals surface area (Å²) in [6, 6.07) is 12.6. The number of ether oxygens (including phenoxy) is 2. The van der Waals surface area contributed by atoms with Crippen LogP contribution < -0.4 is 14.2 Å². The molecule has 0 spiro atoms. The maximum Gasteiger partial charge on any atom is 0.240 e. The first-order chi connectivity index (χ1) is 11.1. The van der Waals surface area contributed by atoms with E-state index < -0.39 is 10.0 Å². The lowest BCUT2D eigenvalue weighted by molar-refractivity contribution is 0.171. The van der Waals surface area contributed by atoms with Crippen molar-refractivity contribution in [1.29, 1.82) is 0 Å². The molecule has 0 saturated heterocycles. The van der Waals surface area contributed by atoms with E-state index in [-0.39, 0.29) is 0 Å². The molecule has 0 amide bonds. The fourth-order valence-electron chi connectivity index (χ4n) is 2.51. The fraction of sp³-hybridized carbons (Fsp3) is 0.294. The molecule has 1 N–H and O–H groups in total. The van der Waals surface area contributed by atoms with Gasteiger partial charge in [-0.3, -0.25) is 0 Å². The third kappa shape index (κ3) is 3.65. The van der Waals surface area contributed by atoms with Gasteiger partial charge in [-0.15, -0.1) is 0 Å². The normalized spacial score (nSPS) is 13.8. The molecule has 122 valence electrons. The highest BCUT2D eigenvalue weighted by Crippen LogP contribution is 2.30. The molecule has 0 aromatic heterocycles. The van der Waals surface area contributed by atoms with Gasteiger partial charge in [0.05, 0.1) is 4.90 Å². The van der Waals surface area contributed by atoms with E-state index in [4.69, 9.17) is 9.47 Å². The lowest BCUT2D eigenvalue weighted by Crippen LogP contribution is -2.26. The second-order valence-electron chi connectivity index (χ2n) is 5.39. The molecule has 0 unspecified atom stereocenters. The zero-order valence-electron chi connectivity index (χ0n) is 12.9. The molecule has 2 aromatic carbocycles. The Morgan fingerprint density at radius 1 is 1.04 bits per heavy atom. The molecule has 0 saturated carbocycles. The van der Waals surface area contributed by atoms with E-state index in [2.05, 4.69) is 4.72 Å². The van der Waals surface area contributed by atoms with Gasteiger partial charge in [-0.1, -0.05) is 24.3 Å². The minimum absolute atomic E-state index is 0.321. The monoisotopic (exact) mass is 333 g/mol. The summed E-state index contributed by atoms with van der Waals surface area (Å²) in [6.07, 6.45) is 0.585.